The summed E-state index contributed by atoms with van der Waals surface area (Å²) < 4.78 is 0. The molecule has 0 aromatic carbocycles. The van der Waals surface area contributed by atoms with Gasteiger partial charge in [-0.25, -0.2) is 0 Å². The van der Waals surface area contributed by atoms with Gasteiger partial charge in [0, 0.05) is 18.2 Å². The van der Waals surface area contributed by atoms with Crippen LogP contribution in [0.1, 0.15) is 52.3 Å². The van der Waals surface area contributed by atoms with E-state index in [-0.39, 0.29) is 11.4 Å². The number of aliphatic hydroxyl groups is 1. The largest absolute Gasteiger partial charge is 0.503 e. The molecule has 0 aliphatic carbocycles. The molecule has 0 bridgehead atoms. The van der Waals surface area contributed by atoms with E-state index in [1.165, 1.54) is 0 Å². The number of unbranched alkanes of at least 4 members (excludes halogenated alkanes) is 1. The molecule has 1 N–H and O–H groups in total. The van der Waals surface area contributed by atoms with Gasteiger partial charge >= 0.3 is 0 Å². The molecule has 124 valence electrons. The highest BCUT2D eigenvalue weighted by atomic mass is 16.3. The van der Waals surface area contributed by atoms with Gasteiger partial charge in [-0.15, -0.1) is 0 Å². The van der Waals surface area contributed by atoms with E-state index in [0.29, 0.717) is 12.2 Å². The monoisotopic (exact) mass is 316 g/mol. The van der Waals surface area contributed by atoms with E-state index in [1.807, 2.05) is 13.0 Å². The predicted octanol–water partition coefficient (Wildman–Crippen LogP) is 3.19. The maximum absolute atomic E-state index is 12.8. The molecule has 5 heteroatoms. The van der Waals surface area contributed by atoms with Crippen molar-refractivity contribution in [2.75, 3.05) is 6.54 Å². The number of hydrogen-bond donors (Lipinski definition) is 1. The Bertz CT molecular complexity index is 629. The van der Waals surface area contributed by atoms with Crippen LogP contribution in [0.4, 0.5) is 0 Å². The van der Waals surface area contributed by atoms with Crippen LogP contribution in [-0.2, 0) is 9.59 Å². The van der Waals surface area contributed by atoms with Gasteiger partial charge in [0.15, 0.2) is 11.5 Å². The van der Waals surface area contributed by atoms with E-state index in [2.05, 4.69) is 4.98 Å². The first-order valence-corrected chi connectivity index (χ1v) is 7.98. The van der Waals surface area contributed by atoms with Crippen LogP contribution < -0.4 is 0 Å². The normalized spacial score (nSPS) is 18.7. The Morgan fingerprint density at radius 1 is 1.35 bits per heavy atom. The second-order valence-corrected chi connectivity index (χ2v) is 6.85. The van der Waals surface area contributed by atoms with Crippen molar-refractivity contribution in [1.29, 1.82) is 0 Å². The molecule has 2 rings (SSSR count). The molecule has 1 aliphatic heterocycles. The SMILES string of the molecule is CCCCN1C(=O)C(O)=C(C(=O)C(C)(C)C)C1c1ccccn1. The fourth-order valence-electron chi connectivity index (χ4n) is 2.69. The summed E-state index contributed by atoms with van der Waals surface area (Å²) in [5.74, 6) is -1.14. The number of carbonyl (C=O) groups is 2. The second kappa shape index (κ2) is 6.52. The van der Waals surface area contributed by atoms with Crippen LogP contribution in [0.2, 0.25) is 0 Å². The zero-order valence-corrected chi connectivity index (χ0v) is 14.2. The molecule has 0 spiro atoms. The van der Waals surface area contributed by atoms with Crippen LogP contribution >= 0.6 is 0 Å². The summed E-state index contributed by atoms with van der Waals surface area (Å²) in [6.45, 7) is 7.87. The fraction of sp³-hybridized carbons (Fsp3) is 0.500. The van der Waals surface area contributed by atoms with Crippen molar-refractivity contribution < 1.29 is 14.7 Å². The number of rotatable bonds is 5. The number of aromatic nitrogens is 1. The Morgan fingerprint density at radius 2 is 2.04 bits per heavy atom. The van der Waals surface area contributed by atoms with Crippen LogP contribution in [0, 0.1) is 5.41 Å². The molecule has 5 nitrogen and oxygen atoms in total. The van der Waals surface area contributed by atoms with E-state index in [4.69, 9.17) is 0 Å². The predicted molar refractivity (Wildman–Crippen MR) is 87.7 cm³/mol. The minimum Gasteiger partial charge on any atom is -0.503 e. The lowest BCUT2D eigenvalue weighted by Gasteiger charge is -2.28. The first kappa shape index (κ1) is 17.2. The van der Waals surface area contributed by atoms with Gasteiger partial charge < -0.3 is 10.0 Å². The number of carbonyl (C=O) groups excluding carboxylic acids is 2. The molecule has 1 atom stereocenters. The van der Waals surface area contributed by atoms with Crippen LogP contribution in [0.3, 0.4) is 0 Å². The van der Waals surface area contributed by atoms with Crippen molar-refractivity contribution >= 4 is 11.7 Å². The van der Waals surface area contributed by atoms with Gasteiger partial charge in [-0.05, 0) is 18.6 Å². The molecule has 23 heavy (non-hydrogen) atoms. The molecule has 1 aromatic rings. The number of aliphatic hydroxyl groups excluding tert-OH is 1. The first-order valence-electron chi connectivity index (χ1n) is 7.98. The van der Waals surface area contributed by atoms with Gasteiger partial charge in [-0.3, -0.25) is 14.6 Å². The third-order valence-electron chi connectivity index (χ3n) is 3.95. The third kappa shape index (κ3) is 3.28. The summed E-state index contributed by atoms with van der Waals surface area (Å²) in [6, 6.07) is 4.78. The zero-order chi connectivity index (χ0) is 17.2. The zero-order valence-electron chi connectivity index (χ0n) is 14.2. The van der Waals surface area contributed by atoms with Crippen LogP contribution in [0.5, 0.6) is 0 Å². The smallest absolute Gasteiger partial charge is 0.290 e. The highest BCUT2D eigenvalue weighted by molar-refractivity contribution is 6.10. The highest BCUT2D eigenvalue weighted by Gasteiger charge is 2.46. The first-order chi connectivity index (χ1) is 10.8. The summed E-state index contributed by atoms with van der Waals surface area (Å²) in [6.07, 6.45) is 3.35. The van der Waals surface area contributed by atoms with E-state index < -0.39 is 23.1 Å². The Hall–Kier alpha value is -2.17. The van der Waals surface area contributed by atoms with Gasteiger partial charge in [0.1, 0.15) is 6.04 Å². The van der Waals surface area contributed by atoms with Crippen LogP contribution in [-0.4, -0.2) is 33.2 Å². The summed E-state index contributed by atoms with van der Waals surface area (Å²) in [5, 5.41) is 10.3. The molecule has 0 saturated heterocycles. The summed E-state index contributed by atoms with van der Waals surface area (Å²) in [5.41, 5.74) is 0.0862. The number of Topliss-reactive ketones (excluding diaryl/α,β-unsaturated/α-hetero) is 1. The Labute approximate surface area is 137 Å². The minimum absolute atomic E-state index is 0.164. The molecule has 0 radical (unpaired) electrons. The maximum Gasteiger partial charge on any atom is 0.290 e. The Kier molecular flexibility index (Phi) is 4.88. The minimum atomic E-state index is -0.683. The number of pyridine rings is 1. The molecule has 1 aromatic heterocycles. The topological polar surface area (TPSA) is 70.5 Å². The Morgan fingerprint density at radius 3 is 2.57 bits per heavy atom. The number of ketones is 1. The van der Waals surface area contributed by atoms with Crippen molar-refractivity contribution in [1.82, 2.24) is 9.88 Å². The van der Waals surface area contributed by atoms with Gasteiger partial charge in [0.05, 0.1) is 11.3 Å². The lowest BCUT2D eigenvalue weighted by Crippen LogP contribution is -2.34. The molecular weight excluding hydrogens is 292 g/mol. The molecule has 2 heterocycles. The summed E-state index contributed by atoms with van der Waals surface area (Å²) in [7, 11) is 0. The maximum atomic E-state index is 12.8. The van der Waals surface area contributed by atoms with Crippen molar-refractivity contribution in [3.8, 4) is 0 Å². The van der Waals surface area contributed by atoms with E-state index >= 15 is 0 Å². The molecule has 0 saturated carbocycles. The lowest BCUT2D eigenvalue weighted by molar-refractivity contribution is -0.129. The highest BCUT2D eigenvalue weighted by Crippen LogP contribution is 2.40. The van der Waals surface area contributed by atoms with Crippen molar-refractivity contribution in [3.05, 3.63) is 41.4 Å². The Balaban J connectivity index is 2.52. The van der Waals surface area contributed by atoms with Crippen LogP contribution in [0.15, 0.2) is 35.7 Å². The number of amides is 1. The lowest BCUT2D eigenvalue weighted by atomic mass is 9.83. The van der Waals surface area contributed by atoms with Gasteiger partial charge in [0.2, 0.25) is 0 Å². The van der Waals surface area contributed by atoms with Crippen molar-refractivity contribution in [2.45, 2.75) is 46.6 Å². The summed E-state index contributed by atoms with van der Waals surface area (Å²) >= 11 is 0. The van der Waals surface area contributed by atoms with E-state index in [0.717, 1.165) is 12.8 Å². The van der Waals surface area contributed by atoms with Gasteiger partial charge in [0.25, 0.3) is 5.91 Å². The van der Waals surface area contributed by atoms with Crippen LogP contribution in [0.25, 0.3) is 0 Å². The average Bonchev–Trinajstić information content (AvgIpc) is 2.76. The standard InChI is InChI=1S/C18H24N2O3/c1-5-6-11-20-14(12-9-7-8-10-19-12)13(15(21)17(20)23)16(22)18(2,3)4/h7-10,14,21H,5-6,11H2,1-4H3. The second-order valence-electron chi connectivity index (χ2n) is 6.85. The van der Waals surface area contributed by atoms with E-state index in [1.54, 1.807) is 44.0 Å². The molecule has 1 aliphatic rings. The van der Waals surface area contributed by atoms with E-state index in [9.17, 15) is 14.7 Å². The third-order valence-corrected chi connectivity index (χ3v) is 3.95. The van der Waals surface area contributed by atoms with Crippen molar-refractivity contribution in [3.63, 3.8) is 0 Å². The summed E-state index contributed by atoms with van der Waals surface area (Å²) in [4.78, 5) is 31.1. The average molecular weight is 316 g/mol. The number of nitrogens with zero attached hydrogens (tertiary/aromatic N) is 2. The molecule has 1 amide bonds. The van der Waals surface area contributed by atoms with Crippen molar-refractivity contribution in [2.24, 2.45) is 5.41 Å². The fourth-order valence-corrected chi connectivity index (χ4v) is 2.69. The molecule has 0 fully saturated rings. The molecule has 1 unspecified atom stereocenters. The van der Waals surface area contributed by atoms with Gasteiger partial charge in [-0.1, -0.05) is 40.2 Å². The number of hydrogen-bond acceptors (Lipinski definition) is 4. The quantitative estimate of drug-likeness (QED) is 0.905. The van der Waals surface area contributed by atoms with Gasteiger partial charge in [-0.2, -0.15) is 0 Å². The molecular formula is C18H24N2O3.